The van der Waals surface area contributed by atoms with Crippen molar-refractivity contribution in [3.8, 4) is 0 Å². The number of hydrogen-bond acceptors (Lipinski definition) is 7. The number of fused-ring (bicyclic) bond motifs is 2. The molecule has 6 amide bonds. The minimum absolute atomic E-state index is 0.00861. The van der Waals surface area contributed by atoms with Crippen molar-refractivity contribution in [2.24, 2.45) is 5.92 Å². The van der Waals surface area contributed by atoms with Crippen LogP contribution in [0.1, 0.15) is 65.2 Å². The van der Waals surface area contributed by atoms with Gasteiger partial charge in [0.25, 0.3) is 29.5 Å². The fourth-order valence-corrected chi connectivity index (χ4v) is 3.99. The largest absolute Gasteiger partial charge is 0.289 e. The first-order valence-corrected chi connectivity index (χ1v) is 11.2. The van der Waals surface area contributed by atoms with Crippen molar-refractivity contribution >= 4 is 41.2 Å². The second kappa shape index (κ2) is 9.61. The van der Waals surface area contributed by atoms with Crippen LogP contribution in [0.15, 0.2) is 65.8 Å². The summed E-state index contributed by atoms with van der Waals surface area (Å²) in [6.45, 7) is 13.7. The highest BCUT2D eigenvalue weighted by atomic mass is 16.2. The van der Waals surface area contributed by atoms with Crippen molar-refractivity contribution in [3.63, 3.8) is 0 Å². The van der Waals surface area contributed by atoms with Crippen LogP contribution in [0.5, 0.6) is 0 Å². The lowest BCUT2D eigenvalue weighted by atomic mass is 9.87. The summed E-state index contributed by atoms with van der Waals surface area (Å²) >= 11 is 0. The van der Waals surface area contributed by atoms with Crippen LogP contribution in [0, 0.1) is 5.92 Å². The molecular formula is C27H24N2O7. The summed E-state index contributed by atoms with van der Waals surface area (Å²) in [4.78, 5) is 88.9. The van der Waals surface area contributed by atoms with Gasteiger partial charge in [0.05, 0.1) is 17.0 Å². The molecule has 4 rings (SSSR count). The van der Waals surface area contributed by atoms with Crippen molar-refractivity contribution < 1.29 is 33.6 Å². The minimum atomic E-state index is -0.867. The van der Waals surface area contributed by atoms with E-state index in [4.69, 9.17) is 0 Å². The lowest BCUT2D eigenvalue weighted by Gasteiger charge is -2.13. The van der Waals surface area contributed by atoms with Gasteiger partial charge in [0.15, 0.2) is 5.78 Å². The molecule has 2 heterocycles. The number of likely N-dealkylation sites (tertiary alicyclic amines) is 1. The topological polar surface area (TPSA) is 126 Å². The van der Waals surface area contributed by atoms with Crippen molar-refractivity contribution in [3.05, 3.63) is 82.5 Å². The predicted molar refractivity (Wildman–Crippen MR) is 128 cm³/mol. The fraction of sp³-hybridized carbons (Fsp3) is 0.222. The number of amides is 6. The number of carbonyl (C=O) groups excluding carboxylic acids is 7. The van der Waals surface area contributed by atoms with Crippen LogP contribution in [0.3, 0.4) is 0 Å². The van der Waals surface area contributed by atoms with Gasteiger partial charge in [-0.15, -0.1) is 0 Å². The maximum absolute atomic E-state index is 13.1. The quantitative estimate of drug-likeness (QED) is 0.362. The first kappa shape index (κ1) is 26.1. The van der Waals surface area contributed by atoms with Gasteiger partial charge < -0.3 is 0 Å². The Bertz CT molecular complexity index is 1380. The van der Waals surface area contributed by atoms with Gasteiger partial charge in [-0.3, -0.25) is 33.6 Å². The zero-order chi connectivity index (χ0) is 27.1. The Morgan fingerprint density at radius 2 is 1.39 bits per heavy atom. The SMILES string of the molecule is C=C(C)C(=O)N1C(=O)c2ccc(C(=O)C3=CCC4C(=O)N(C(=O)C(=C)C)C(=O)C4=C3)cc2C1=O.CC. The molecule has 1 aliphatic carbocycles. The second-order valence-corrected chi connectivity index (χ2v) is 8.23. The van der Waals surface area contributed by atoms with Crippen LogP contribution in [0.25, 0.3) is 0 Å². The van der Waals surface area contributed by atoms with Gasteiger partial charge in [-0.2, -0.15) is 0 Å². The molecule has 9 heteroatoms. The molecule has 3 aliphatic rings. The van der Waals surface area contributed by atoms with E-state index in [-0.39, 0.29) is 45.4 Å². The highest BCUT2D eigenvalue weighted by Crippen LogP contribution is 2.35. The fourth-order valence-electron chi connectivity index (χ4n) is 3.99. The molecule has 1 atom stereocenters. The van der Waals surface area contributed by atoms with E-state index in [0.29, 0.717) is 9.80 Å². The number of nitrogens with zero attached hydrogens (tertiary/aromatic N) is 2. The summed E-state index contributed by atoms with van der Waals surface area (Å²) in [5, 5.41) is 0. The first-order chi connectivity index (χ1) is 17.0. The molecule has 0 bridgehead atoms. The average Bonchev–Trinajstić information content (AvgIpc) is 3.27. The van der Waals surface area contributed by atoms with Crippen LogP contribution >= 0.6 is 0 Å². The van der Waals surface area contributed by atoms with E-state index in [9.17, 15) is 33.6 Å². The summed E-state index contributed by atoms with van der Waals surface area (Å²) < 4.78 is 0. The molecule has 1 saturated heterocycles. The van der Waals surface area contributed by atoms with Crippen LogP contribution in [0.2, 0.25) is 0 Å². The molecule has 0 N–H and O–H groups in total. The molecule has 184 valence electrons. The Labute approximate surface area is 207 Å². The molecule has 0 aromatic heterocycles. The molecule has 36 heavy (non-hydrogen) atoms. The molecule has 9 nitrogen and oxygen atoms in total. The normalized spacial score (nSPS) is 18.1. The van der Waals surface area contributed by atoms with E-state index < -0.39 is 47.1 Å². The Hall–Kier alpha value is -4.53. The van der Waals surface area contributed by atoms with Gasteiger partial charge in [-0.25, -0.2) is 9.80 Å². The average molecular weight is 488 g/mol. The van der Waals surface area contributed by atoms with Gasteiger partial charge >= 0.3 is 0 Å². The maximum atomic E-state index is 13.1. The number of rotatable bonds is 4. The zero-order valence-corrected chi connectivity index (χ0v) is 20.3. The highest BCUT2D eigenvalue weighted by molar-refractivity contribution is 6.32. The van der Waals surface area contributed by atoms with E-state index in [0.717, 1.165) is 0 Å². The second-order valence-electron chi connectivity index (χ2n) is 8.23. The van der Waals surface area contributed by atoms with Crippen molar-refractivity contribution in [1.82, 2.24) is 9.80 Å². The summed E-state index contributed by atoms with van der Waals surface area (Å²) in [6, 6.07) is 3.84. The number of carbonyl (C=O) groups is 7. The number of imide groups is 6. The van der Waals surface area contributed by atoms with Gasteiger partial charge in [0, 0.05) is 27.9 Å². The third-order valence-electron chi connectivity index (χ3n) is 5.78. The predicted octanol–water partition coefficient (Wildman–Crippen LogP) is 2.94. The highest BCUT2D eigenvalue weighted by Gasteiger charge is 2.47. The number of Topliss-reactive ketones (excluding diaryl/α,β-unsaturated/α-hetero) is 1. The Kier molecular flexibility index (Phi) is 6.96. The van der Waals surface area contributed by atoms with E-state index >= 15 is 0 Å². The van der Waals surface area contributed by atoms with Gasteiger partial charge in [0.2, 0.25) is 5.91 Å². The van der Waals surface area contributed by atoms with E-state index in [1.165, 1.54) is 44.2 Å². The number of hydrogen-bond donors (Lipinski definition) is 0. The van der Waals surface area contributed by atoms with Crippen LogP contribution in [-0.4, -0.2) is 51.0 Å². The zero-order valence-electron chi connectivity index (χ0n) is 20.3. The molecule has 2 aliphatic heterocycles. The molecule has 0 saturated carbocycles. The minimum Gasteiger partial charge on any atom is -0.289 e. The number of benzene rings is 1. The van der Waals surface area contributed by atoms with Crippen molar-refractivity contribution in [1.29, 1.82) is 0 Å². The first-order valence-electron chi connectivity index (χ1n) is 11.2. The summed E-state index contributed by atoms with van der Waals surface area (Å²) in [7, 11) is 0. The van der Waals surface area contributed by atoms with E-state index in [1.807, 2.05) is 13.8 Å². The maximum Gasteiger partial charge on any atom is 0.268 e. The molecule has 1 unspecified atom stereocenters. The lowest BCUT2D eigenvalue weighted by molar-refractivity contribution is -0.147. The Balaban J connectivity index is 0.00000176. The molecule has 0 spiro atoms. The van der Waals surface area contributed by atoms with Gasteiger partial charge in [-0.1, -0.05) is 39.1 Å². The van der Waals surface area contributed by atoms with Crippen LogP contribution in [0.4, 0.5) is 0 Å². The molecular weight excluding hydrogens is 464 g/mol. The van der Waals surface area contributed by atoms with Crippen LogP contribution < -0.4 is 0 Å². The van der Waals surface area contributed by atoms with Gasteiger partial charge in [-0.05, 0) is 38.5 Å². The molecule has 1 aromatic carbocycles. The Morgan fingerprint density at radius 1 is 0.833 bits per heavy atom. The molecule has 1 fully saturated rings. The smallest absolute Gasteiger partial charge is 0.268 e. The number of ketones is 1. The molecule has 0 radical (unpaired) electrons. The van der Waals surface area contributed by atoms with Crippen molar-refractivity contribution in [2.75, 3.05) is 0 Å². The third-order valence-corrected chi connectivity index (χ3v) is 5.78. The number of allylic oxidation sites excluding steroid dienone is 3. The van der Waals surface area contributed by atoms with Crippen LogP contribution in [-0.2, 0) is 19.2 Å². The summed E-state index contributed by atoms with van der Waals surface area (Å²) in [5.41, 5.74) is 0.101. The standard InChI is InChI=1S/C25H18N2O7.C2H6/c1-11(2)20(29)26-22(31)15-7-5-13(9-17(15)24(26)33)19(28)14-6-8-16-18(10-14)25(34)27(23(16)32)21(30)12(3)4;1-2/h5-7,9-10,16H,1,3,8H2,2,4H3;1-2H3. The molecule has 1 aromatic rings. The van der Waals surface area contributed by atoms with E-state index in [2.05, 4.69) is 13.2 Å². The summed E-state index contributed by atoms with van der Waals surface area (Å²) in [5.74, 6) is -6.18. The summed E-state index contributed by atoms with van der Waals surface area (Å²) in [6.07, 6.45) is 2.79. The van der Waals surface area contributed by atoms with Crippen molar-refractivity contribution in [2.45, 2.75) is 34.1 Å². The van der Waals surface area contributed by atoms with Gasteiger partial charge in [0.1, 0.15) is 0 Å². The Morgan fingerprint density at radius 3 is 1.97 bits per heavy atom. The monoisotopic (exact) mass is 488 g/mol. The van der Waals surface area contributed by atoms with E-state index in [1.54, 1.807) is 0 Å². The lowest BCUT2D eigenvalue weighted by Crippen LogP contribution is -2.37. The third kappa shape index (κ3) is 3.98.